The lowest BCUT2D eigenvalue weighted by molar-refractivity contribution is 0.404. The van der Waals surface area contributed by atoms with Crippen LogP contribution in [0.3, 0.4) is 0 Å². The van der Waals surface area contributed by atoms with Crippen LogP contribution in [0.1, 0.15) is 5.56 Å². The molecule has 0 saturated heterocycles. The molecule has 1 aromatic heterocycles. The minimum atomic E-state index is -0.153. The van der Waals surface area contributed by atoms with Gasteiger partial charge in [0.05, 0.1) is 19.0 Å². The number of halogens is 1. The summed E-state index contributed by atoms with van der Waals surface area (Å²) in [6, 6.07) is 6.13. The van der Waals surface area contributed by atoms with Gasteiger partial charge < -0.3 is 9.64 Å². The second-order valence-corrected chi connectivity index (χ2v) is 6.46. The monoisotopic (exact) mass is 383 g/mol. The van der Waals surface area contributed by atoms with Crippen LogP contribution in [-0.4, -0.2) is 30.2 Å². The van der Waals surface area contributed by atoms with Gasteiger partial charge in [0.25, 0.3) is 5.56 Å². The van der Waals surface area contributed by atoms with E-state index in [2.05, 4.69) is 27.1 Å². The third kappa shape index (κ3) is 3.47. The van der Waals surface area contributed by atoms with Crippen molar-refractivity contribution in [3.63, 3.8) is 0 Å². The fourth-order valence-corrected chi connectivity index (χ4v) is 3.32. The molecular formula is C15H18BrN3O2S. The van der Waals surface area contributed by atoms with Crippen LogP contribution in [0.25, 0.3) is 0 Å². The lowest BCUT2D eigenvalue weighted by Crippen LogP contribution is -2.25. The van der Waals surface area contributed by atoms with Gasteiger partial charge in [-0.25, -0.2) is 4.68 Å². The minimum absolute atomic E-state index is 0.153. The highest BCUT2D eigenvalue weighted by molar-refractivity contribution is 9.10. The molecule has 7 heteroatoms. The zero-order chi connectivity index (χ0) is 16.3. The number of anilines is 1. The highest BCUT2D eigenvalue weighted by Crippen LogP contribution is 2.29. The number of hydrogen-bond acceptors (Lipinski definition) is 5. The van der Waals surface area contributed by atoms with Gasteiger partial charge in [-0.2, -0.15) is 5.10 Å². The molecule has 0 saturated carbocycles. The van der Waals surface area contributed by atoms with Gasteiger partial charge in [-0.1, -0.05) is 6.07 Å². The SMILES string of the molecule is COc1cc(CN(C)c2cnn(C)c(=O)c2Br)ccc1SC. The lowest BCUT2D eigenvalue weighted by atomic mass is 10.2. The quantitative estimate of drug-likeness (QED) is 0.742. The highest BCUT2D eigenvalue weighted by atomic mass is 79.9. The van der Waals surface area contributed by atoms with Gasteiger partial charge in [0.1, 0.15) is 10.2 Å². The fourth-order valence-electron chi connectivity index (χ4n) is 2.11. The summed E-state index contributed by atoms with van der Waals surface area (Å²) in [5.41, 5.74) is 1.71. The maximum Gasteiger partial charge on any atom is 0.282 e. The van der Waals surface area contributed by atoms with Crippen LogP contribution in [0.2, 0.25) is 0 Å². The summed E-state index contributed by atoms with van der Waals surface area (Å²) in [6.07, 6.45) is 3.70. The van der Waals surface area contributed by atoms with Crippen molar-refractivity contribution in [3.05, 3.63) is 44.8 Å². The first-order valence-electron chi connectivity index (χ1n) is 6.61. The van der Waals surface area contributed by atoms with Gasteiger partial charge in [-0.05, 0) is 39.9 Å². The molecule has 0 fully saturated rings. The molecule has 2 rings (SSSR count). The predicted octanol–water partition coefficient (Wildman–Crippen LogP) is 2.91. The van der Waals surface area contributed by atoms with Crippen LogP contribution in [0.5, 0.6) is 5.75 Å². The molecule has 0 aliphatic heterocycles. The van der Waals surface area contributed by atoms with Gasteiger partial charge in [-0.3, -0.25) is 4.79 Å². The van der Waals surface area contributed by atoms with E-state index in [-0.39, 0.29) is 5.56 Å². The molecule has 118 valence electrons. The Labute approximate surface area is 142 Å². The Morgan fingerprint density at radius 2 is 2.18 bits per heavy atom. The van der Waals surface area contributed by atoms with Crippen molar-refractivity contribution in [1.82, 2.24) is 9.78 Å². The molecule has 0 spiro atoms. The largest absolute Gasteiger partial charge is 0.496 e. The molecule has 0 unspecified atom stereocenters. The van der Waals surface area contributed by atoms with Gasteiger partial charge >= 0.3 is 0 Å². The van der Waals surface area contributed by atoms with Crippen LogP contribution in [0, 0.1) is 0 Å². The predicted molar refractivity (Wildman–Crippen MR) is 94.1 cm³/mol. The van der Waals surface area contributed by atoms with Crippen molar-refractivity contribution in [2.75, 3.05) is 25.3 Å². The van der Waals surface area contributed by atoms with Crippen molar-refractivity contribution in [2.24, 2.45) is 7.05 Å². The Balaban J connectivity index is 2.27. The number of methoxy groups -OCH3 is 1. The molecule has 5 nitrogen and oxygen atoms in total. The van der Waals surface area contributed by atoms with Crippen molar-refractivity contribution in [2.45, 2.75) is 11.4 Å². The van der Waals surface area contributed by atoms with Crippen LogP contribution < -0.4 is 15.2 Å². The van der Waals surface area contributed by atoms with Crippen LogP contribution in [0.15, 0.2) is 38.6 Å². The maximum absolute atomic E-state index is 11.9. The molecule has 0 atom stereocenters. The number of rotatable bonds is 5. The molecule has 0 N–H and O–H groups in total. The Hall–Kier alpha value is -1.47. The summed E-state index contributed by atoms with van der Waals surface area (Å²) in [7, 11) is 5.23. The van der Waals surface area contributed by atoms with E-state index < -0.39 is 0 Å². The van der Waals surface area contributed by atoms with Crippen molar-refractivity contribution < 1.29 is 4.74 Å². The number of aromatic nitrogens is 2. The fraction of sp³-hybridized carbons (Fsp3) is 0.333. The summed E-state index contributed by atoms with van der Waals surface area (Å²) >= 11 is 5.00. The molecule has 0 aliphatic carbocycles. The summed E-state index contributed by atoms with van der Waals surface area (Å²) in [5, 5.41) is 4.07. The lowest BCUT2D eigenvalue weighted by Gasteiger charge is -2.21. The van der Waals surface area contributed by atoms with E-state index in [9.17, 15) is 4.79 Å². The average molecular weight is 384 g/mol. The van der Waals surface area contributed by atoms with Gasteiger partial charge in [0.15, 0.2) is 0 Å². The number of benzene rings is 1. The first-order chi connectivity index (χ1) is 10.5. The highest BCUT2D eigenvalue weighted by Gasteiger charge is 2.12. The summed E-state index contributed by atoms with van der Waals surface area (Å²) in [5.74, 6) is 0.861. The number of nitrogens with zero attached hydrogens (tertiary/aromatic N) is 3. The second-order valence-electron chi connectivity index (χ2n) is 4.82. The molecule has 22 heavy (non-hydrogen) atoms. The van der Waals surface area contributed by atoms with Gasteiger partial charge in [0, 0.05) is 25.5 Å². The molecule has 0 radical (unpaired) electrons. The van der Waals surface area contributed by atoms with E-state index >= 15 is 0 Å². The first-order valence-corrected chi connectivity index (χ1v) is 8.63. The van der Waals surface area contributed by atoms with Gasteiger partial charge in [-0.15, -0.1) is 11.8 Å². The van der Waals surface area contributed by atoms with Crippen LogP contribution in [0.4, 0.5) is 5.69 Å². The van der Waals surface area contributed by atoms with E-state index in [0.29, 0.717) is 11.0 Å². The Kier molecular flexibility index (Phi) is 5.52. The summed E-state index contributed by atoms with van der Waals surface area (Å²) in [6.45, 7) is 0.651. The Morgan fingerprint density at radius 3 is 2.82 bits per heavy atom. The van der Waals surface area contributed by atoms with E-state index in [1.165, 1.54) is 4.68 Å². The Bertz CT molecular complexity index is 733. The van der Waals surface area contributed by atoms with Crippen LogP contribution >= 0.6 is 27.7 Å². The minimum Gasteiger partial charge on any atom is -0.496 e. The van der Waals surface area contributed by atoms with E-state index in [1.54, 1.807) is 32.1 Å². The zero-order valence-corrected chi connectivity index (χ0v) is 15.4. The molecule has 0 amide bonds. The maximum atomic E-state index is 11.9. The average Bonchev–Trinajstić information content (AvgIpc) is 2.52. The van der Waals surface area contributed by atoms with Crippen molar-refractivity contribution in [3.8, 4) is 5.75 Å². The number of thioether (sulfide) groups is 1. The summed E-state index contributed by atoms with van der Waals surface area (Å²) < 4.78 is 7.23. The number of hydrogen-bond donors (Lipinski definition) is 0. The first kappa shape index (κ1) is 16.9. The number of ether oxygens (including phenoxy) is 1. The molecular weight excluding hydrogens is 366 g/mol. The van der Waals surface area contributed by atoms with Crippen molar-refractivity contribution in [1.29, 1.82) is 0 Å². The van der Waals surface area contributed by atoms with Crippen LogP contribution in [-0.2, 0) is 13.6 Å². The Morgan fingerprint density at radius 1 is 1.45 bits per heavy atom. The van der Waals surface area contributed by atoms with E-state index in [1.807, 2.05) is 30.3 Å². The van der Waals surface area contributed by atoms with E-state index in [4.69, 9.17) is 4.74 Å². The smallest absolute Gasteiger partial charge is 0.282 e. The second kappa shape index (κ2) is 7.19. The molecule has 2 aromatic rings. The third-order valence-corrected chi connectivity index (χ3v) is 4.86. The normalized spacial score (nSPS) is 10.6. The molecule has 1 heterocycles. The van der Waals surface area contributed by atoms with Crippen molar-refractivity contribution >= 4 is 33.4 Å². The third-order valence-electron chi connectivity index (χ3n) is 3.34. The van der Waals surface area contributed by atoms with Gasteiger partial charge in [0.2, 0.25) is 0 Å². The molecule has 1 aromatic carbocycles. The molecule has 0 bridgehead atoms. The van der Waals surface area contributed by atoms with E-state index in [0.717, 1.165) is 21.9 Å². The summed E-state index contributed by atoms with van der Waals surface area (Å²) in [4.78, 5) is 15.0. The standard InChI is InChI=1S/C15H18BrN3O2S/c1-18(11-8-17-19(2)15(20)14(11)16)9-10-5-6-13(22-4)12(7-10)21-3/h5-8H,9H2,1-4H3. The number of aryl methyl sites for hydroxylation is 1. The molecule has 0 aliphatic rings. The topological polar surface area (TPSA) is 47.4 Å². The zero-order valence-electron chi connectivity index (χ0n) is 13.0.